The monoisotopic (exact) mass is 680 g/mol. The van der Waals surface area contributed by atoms with E-state index in [9.17, 15) is 14.4 Å². The van der Waals surface area contributed by atoms with Gasteiger partial charge in [-0.05, 0) is 50.2 Å². The Kier molecular flexibility index (Phi) is 9.68. The van der Waals surface area contributed by atoms with Crippen molar-refractivity contribution in [3.63, 3.8) is 0 Å². The van der Waals surface area contributed by atoms with Crippen molar-refractivity contribution in [2.24, 2.45) is 5.92 Å². The molecule has 0 saturated carbocycles. The summed E-state index contributed by atoms with van der Waals surface area (Å²) in [6.07, 6.45) is 5.00. The molecule has 0 aliphatic carbocycles. The number of nitriles is 1. The summed E-state index contributed by atoms with van der Waals surface area (Å²) in [4.78, 5) is 34.1. The SMILES string of the molecule is Cc1cccc2cccc(N3CCc4c(nc(OC[C@@H]5CC(C)(F)CN5C)nc4N4CCN(C(=O)/C=C/CN5CC(C)C5)[C@@H](CC#N)C4)C3)c12. The number of hydrogen-bond acceptors (Lipinski definition) is 9. The van der Waals surface area contributed by atoms with Gasteiger partial charge in [0.25, 0.3) is 0 Å². The highest BCUT2D eigenvalue weighted by molar-refractivity contribution is 5.97. The number of rotatable bonds is 9. The molecule has 11 heteroatoms. The molecule has 3 fully saturated rings. The van der Waals surface area contributed by atoms with Gasteiger partial charge in [0.05, 0.1) is 30.8 Å². The number of carbonyl (C=O) groups is 1. The first-order chi connectivity index (χ1) is 24.1. The lowest BCUT2D eigenvalue weighted by Gasteiger charge is -2.42. The summed E-state index contributed by atoms with van der Waals surface area (Å²) in [5.74, 6) is 1.48. The molecule has 5 heterocycles. The summed E-state index contributed by atoms with van der Waals surface area (Å²) in [6, 6.07) is 15.1. The maximum absolute atomic E-state index is 14.8. The zero-order valence-electron chi connectivity index (χ0n) is 29.8. The predicted molar refractivity (Wildman–Crippen MR) is 194 cm³/mol. The summed E-state index contributed by atoms with van der Waals surface area (Å²) in [6.45, 7) is 12.6. The number of carbonyl (C=O) groups excluding carboxylic acids is 1. The molecule has 1 unspecified atom stereocenters. The number of likely N-dealkylation sites (tertiary alicyclic amines) is 2. The first kappa shape index (κ1) is 34.2. The van der Waals surface area contributed by atoms with Gasteiger partial charge in [-0.25, -0.2) is 4.39 Å². The molecule has 7 rings (SSSR count). The van der Waals surface area contributed by atoms with Crippen LogP contribution in [0.4, 0.5) is 15.9 Å². The topological polar surface area (TPSA) is 92.1 Å². The largest absolute Gasteiger partial charge is 0.462 e. The van der Waals surface area contributed by atoms with Crippen LogP contribution in [0.3, 0.4) is 0 Å². The van der Waals surface area contributed by atoms with E-state index in [1.165, 1.54) is 22.0 Å². The lowest BCUT2D eigenvalue weighted by molar-refractivity contribution is -0.128. The summed E-state index contributed by atoms with van der Waals surface area (Å²) < 4.78 is 21.1. The van der Waals surface area contributed by atoms with Crippen LogP contribution in [0.5, 0.6) is 6.01 Å². The fraction of sp³-hybridized carbons (Fsp3) is 0.538. The number of anilines is 2. The molecule has 10 nitrogen and oxygen atoms in total. The minimum absolute atomic E-state index is 0.0474. The van der Waals surface area contributed by atoms with Crippen molar-refractivity contribution in [2.45, 2.75) is 64.3 Å². The second-order valence-electron chi connectivity index (χ2n) is 15.1. The number of nitrogens with zero attached hydrogens (tertiary/aromatic N) is 8. The van der Waals surface area contributed by atoms with E-state index in [1.54, 1.807) is 13.0 Å². The maximum Gasteiger partial charge on any atom is 0.318 e. The lowest BCUT2D eigenvalue weighted by atomic mass is 9.99. The van der Waals surface area contributed by atoms with Gasteiger partial charge in [-0.1, -0.05) is 43.3 Å². The van der Waals surface area contributed by atoms with E-state index in [0.29, 0.717) is 51.7 Å². The van der Waals surface area contributed by atoms with Crippen molar-refractivity contribution >= 4 is 28.2 Å². The maximum atomic E-state index is 14.8. The van der Waals surface area contributed by atoms with Crippen LogP contribution in [0, 0.1) is 24.2 Å². The van der Waals surface area contributed by atoms with Crippen LogP contribution in [-0.2, 0) is 17.8 Å². The summed E-state index contributed by atoms with van der Waals surface area (Å²) in [5.41, 5.74) is 3.16. The van der Waals surface area contributed by atoms with Gasteiger partial charge in [-0.15, -0.1) is 0 Å². The zero-order chi connectivity index (χ0) is 35.0. The Morgan fingerprint density at radius 2 is 1.90 bits per heavy atom. The van der Waals surface area contributed by atoms with Crippen molar-refractivity contribution in [2.75, 3.05) is 75.8 Å². The quantitative estimate of drug-likeness (QED) is 0.297. The molecule has 50 heavy (non-hydrogen) atoms. The average Bonchev–Trinajstić information content (AvgIpc) is 3.36. The normalized spacial score (nSPS) is 24.8. The number of piperazine rings is 1. The minimum atomic E-state index is -1.25. The molecule has 0 N–H and O–H groups in total. The van der Waals surface area contributed by atoms with E-state index in [0.717, 1.165) is 49.7 Å². The van der Waals surface area contributed by atoms with Crippen molar-refractivity contribution in [1.29, 1.82) is 5.26 Å². The second kappa shape index (κ2) is 14.2. The Hall–Kier alpha value is -4.27. The third-order valence-electron chi connectivity index (χ3n) is 10.9. The summed E-state index contributed by atoms with van der Waals surface area (Å²) in [5, 5.41) is 12.2. The van der Waals surface area contributed by atoms with Gasteiger partial charge in [-0.2, -0.15) is 15.2 Å². The number of fused-ring (bicyclic) bond motifs is 2. The van der Waals surface area contributed by atoms with Crippen LogP contribution in [0.2, 0.25) is 0 Å². The van der Waals surface area contributed by atoms with Gasteiger partial charge in [0, 0.05) is 87.5 Å². The molecule has 0 bridgehead atoms. The van der Waals surface area contributed by atoms with E-state index in [2.05, 4.69) is 71.0 Å². The van der Waals surface area contributed by atoms with E-state index in [1.807, 2.05) is 22.9 Å². The Morgan fingerprint density at radius 1 is 1.10 bits per heavy atom. The number of ether oxygens (including phenoxy) is 1. The first-order valence-corrected chi connectivity index (χ1v) is 18.0. The molecule has 4 aliphatic heterocycles. The van der Waals surface area contributed by atoms with E-state index in [-0.39, 0.29) is 30.4 Å². The molecule has 3 aromatic rings. The number of aromatic nitrogens is 2. The average molecular weight is 681 g/mol. The zero-order valence-corrected chi connectivity index (χ0v) is 29.8. The molecule has 1 aromatic heterocycles. The molecular formula is C39H49FN8O2. The van der Waals surface area contributed by atoms with Crippen LogP contribution >= 0.6 is 0 Å². The Balaban J connectivity index is 1.15. The Morgan fingerprint density at radius 3 is 2.64 bits per heavy atom. The number of amides is 1. The number of hydrogen-bond donors (Lipinski definition) is 0. The van der Waals surface area contributed by atoms with Gasteiger partial charge < -0.3 is 19.4 Å². The van der Waals surface area contributed by atoms with Crippen LogP contribution in [0.25, 0.3) is 10.8 Å². The fourth-order valence-corrected chi connectivity index (χ4v) is 8.40. The second-order valence-corrected chi connectivity index (χ2v) is 15.1. The lowest BCUT2D eigenvalue weighted by Crippen LogP contribution is -2.55. The van der Waals surface area contributed by atoms with Crippen molar-refractivity contribution < 1.29 is 13.9 Å². The summed E-state index contributed by atoms with van der Waals surface area (Å²) >= 11 is 0. The van der Waals surface area contributed by atoms with Gasteiger partial charge in [0.15, 0.2) is 0 Å². The smallest absolute Gasteiger partial charge is 0.318 e. The van der Waals surface area contributed by atoms with E-state index in [4.69, 9.17) is 14.7 Å². The third kappa shape index (κ3) is 7.14. The van der Waals surface area contributed by atoms with Gasteiger partial charge in [0.2, 0.25) is 5.91 Å². The van der Waals surface area contributed by atoms with Gasteiger partial charge in [-0.3, -0.25) is 14.6 Å². The molecule has 2 aromatic carbocycles. The highest BCUT2D eigenvalue weighted by Crippen LogP contribution is 2.36. The van der Waals surface area contributed by atoms with Crippen molar-refractivity contribution in [3.05, 3.63) is 65.4 Å². The van der Waals surface area contributed by atoms with Crippen LogP contribution in [-0.4, -0.2) is 114 Å². The molecule has 0 spiro atoms. The standard InChI is InChI=1S/C39H49FN8O2/c1-27-21-45(22-27)16-7-12-35(49)48-19-18-47(23-30(48)13-15-41)37-32-14-17-46(34-11-6-10-29-9-5-8-28(2)36(29)34)24-33(32)42-38(43-37)50-25-31-20-39(3,40)26-44(31)4/h5-12,27,30-31H,13-14,16-26H2,1-4H3/b12-7+/t30-,31-,39?/m0/s1. The van der Waals surface area contributed by atoms with Crippen LogP contribution in [0.1, 0.15) is 43.5 Å². The Bertz CT molecular complexity index is 1800. The van der Waals surface area contributed by atoms with Crippen molar-refractivity contribution in [3.8, 4) is 12.1 Å². The summed E-state index contributed by atoms with van der Waals surface area (Å²) in [7, 11) is 1.93. The van der Waals surface area contributed by atoms with Gasteiger partial charge in [0.1, 0.15) is 18.1 Å². The minimum Gasteiger partial charge on any atom is -0.462 e. The van der Waals surface area contributed by atoms with Crippen LogP contribution in [0.15, 0.2) is 48.6 Å². The molecule has 3 saturated heterocycles. The first-order valence-electron chi connectivity index (χ1n) is 18.0. The highest BCUT2D eigenvalue weighted by atomic mass is 19.1. The van der Waals surface area contributed by atoms with Crippen molar-refractivity contribution in [1.82, 2.24) is 24.7 Å². The highest BCUT2D eigenvalue weighted by Gasteiger charge is 2.40. The number of aryl methyl sites for hydroxylation is 1. The number of halogens is 1. The molecule has 3 atom stereocenters. The molecule has 1 amide bonds. The van der Waals surface area contributed by atoms with E-state index >= 15 is 0 Å². The number of benzene rings is 2. The molecular weight excluding hydrogens is 631 g/mol. The van der Waals surface area contributed by atoms with Gasteiger partial charge >= 0.3 is 6.01 Å². The van der Waals surface area contributed by atoms with E-state index < -0.39 is 5.67 Å². The number of likely N-dealkylation sites (N-methyl/N-ethyl adjacent to an activating group) is 1. The Labute approximate surface area is 295 Å². The molecule has 4 aliphatic rings. The molecule has 0 radical (unpaired) electrons. The third-order valence-corrected chi connectivity index (χ3v) is 10.9. The molecule has 264 valence electrons. The number of alkyl halides is 1. The predicted octanol–water partition coefficient (Wildman–Crippen LogP) is 4.75. The fourth-order valence-electron chi connectivity index (χ4n) is 8.40. The van der Waals surface area contributed by atoms with Crippen LogP contribution < -0.4 is 14.5 Å².